The lowest BCUT2D eigenvalue weighted by molar-refractivity contribution is 0.628. The van der Waals surface area contributed by atoms with Crippen molar-refractivity contribution in [3.05, 3.63) is 76.5 Å². The number of halogens is 1. The maximum Gasteiger partial charge on any atom is 0.295 e. The highest BCUT2D eigenvalue weighted by Gasteiger charge is 2.16. The summed E-state index contributed by atoms with van der Waals surface area (Å²) in [5.74, 6) is -0.325. The van der Waals surface area contributed by atoms with Crippen LogP contribution in [0.4, 0.5) is 15.8 Å². The number of nitrogens with zero attached hydrogens (tertiary/aromatic N) is 2. The van der Waals surface area contributed by atoms with Crippen molar-refractivity contribution in [3.8, 4) is 5.69 Å². The molecule has 128 valence electrons. The Balaban J connectivity index is 1.87. The van der Waals surface area contributed by atoms with Crippen molar-refractivity contribution in [1.82, 2.24) is 9.36 Å². The molecule has 0 unspecified atom stereocenters. The van der Waals surface area contributed by atoms with Crippen molar-refractivity contribution in [2.45, 2.75) is 6.92 Å². The van der Waals surface area contributed by atoms with Crippen molar-refractivity contribution in [2.75, 3.05) is 10.6 Å². The molecule has 3 aromatic rings. The van der Waals surface area contributed by atoms with E-state index in [1.807, 2.05) is 44.3 Å². The molecule has 0 bridgehead atoms. The third-order valence-electron chi connectivity index (χ3n) is 3.89. The molecule has 3 rings (SSSR count). The molecule has 0 spiro atoms. The van der Waals surface area contributed by atoms with Gasteiger partial charge in [0.1, 0.15) is 11.5 Å². The van der Waals surface area contributed by atoms with E-state index in [0.717, 1.165) is 11.4 Å². The maximum atomic E-state index is 13.0. The van der Waals surface area contributed by atoms with E-state index < -0.39 is 0 Å². The molecule has 0 amide bonds. The molecule has 0 saturated heterocycles. The Bertz CT molecular complexity index is 961. The average molecular weight is 356 g/mol. The van der Waals surface area contributed by atoms with Gasteiger partial charge >= 0.3 is 0 Å². The number of benzene rings is 2. The van der Waals surface area contributed by atoms with Crippen LogP contribution in [-0.2, 0) is 7.05 Å². The van der Waals surface area contributed by atoms with Crippen LogP contribution >= 0.6 is 12.2 Å². The molecule has 7 heteroatoms. The number of para-hydroxylation sites is 1. The van der Waals surface area contributed by atoms with Crippen molar-refractivity contribution in [3.63, 3.8) is 0 Å². The molecule has 0 radical (unpaired) electrons. The number of aromatic nitrogens is 2. The van der Waals surface area contributed by atoms with Crippen LogP contribution in [-0.4, -0.2) is 14.5 Å². The summed E-state index contributed by atoms with van der Waals surface area (Å²) in [6.45, 7) is 1.84. The van der Waals surface area contributed by atoms with Crippen LogP contribution in [0.1, 0.15) is 5.69 Å². The van der Waals surface area contributed by atoms with Crippen LogP contribution < -0.4 is 16.2 Å². The number of nitrogens with one attached hydrogen (secondary N) is 2. The summed E-state index contributed by atoms with van der Waals surface area (Å²) < 4.78 is 16.3. The lowest BCUT2D eigenvalue weighted by Crippen LogP contribution is -2.25. The molecule has 0 aliphatic heterocycles. The van der Waals surface area contributed by atoms with Gasteiger partial charge in [-0.25, -0.2) is 9.07 Å². The Morgan fingerprint density at radius 1 is 1.04 bits per heavy atom. The topological polar surface area (TPSA) is 51.0 Å². The summed E-state index contributed by atoms with van der Waals surface area (Å²) in [6.07, 6.45) is 0. The first-order chi connectivity index (χ1) is 12.0. The number of thiocarbonyl (C=S) groups is 1. The first-order valence-electron chi connectivity index (χ1n) is 7.65. The van der Waals surface area contributed by atoms with E-state index in [-0.39, 0.29) is 16.5 Å². The quantitative estimate of drug-likeness (QED) is 0.706. The number of hydrogen-bond donors (Lipinski definition) is 2. The molecule has 0 saturated carbocycles. The zero-order chi connectivity index (χ0) is 18.0. The van der Waals surface area contributed by atoms with Crippen LogP contribution in [0.15, 0.2) is 59.4 Å². The average Bonchev–Trinajstić information content (AvgIpc) is 2.81. The van der Waals surface area contributed by atoms with E-state index in [1.165, 1.54) is 12.1 Å². The highest BCUT2D eigenvalue weighted by Crippen LogP contribution is 2.15. The molecule has 0 fully saturated rings. The fourth-order valence-electron chi connectivity index (χ4n) is 2.52. The van der Waals surface area contributed by atoms with Crippen molar-refractivity contribution < 1.29 is 4.39 Å². The van der Waals surface area contributed by atoms with Gasteiger partial charge in [-0.1, -0.05) is 18.2 Å². The van der Waals surface area contributed by atoms with Crippen molar-refractivity contribution in [2.24, 2.45) is 7.05 Å². The molecule has 1 heterocycles. The monoisotopic (exact) mass is 356 g/mol. The van der Waals surface area contributed by atoms with Crippen LogP contribution in [0.5, 0.6) is 0 Å². The van der Waals surface area contributed by atoms with Gasteiger partial charge in [0, 0.05) is 12.7 Å². The van der Waals surface area contributed by atoms with Gasteiger partial charge in [0.05, 0.1) is 11.4 Å². The molecule has 5 nitrogen and oxygen atoms in total. The second-order valence-corrected chi connectivity index (χ2v) is 5.93. The number of rotatable bonds is 3. The number of anilines is 2. The SMILES string of the molecule is Cc1c(NC(=S)Nc2ccc(F)cc2)c(=O)n(-c2ccccc2)n1C. The summed E-state index contributed by atoms with van der Waals surface area (Å²) >= 11 is 5.27. The van der Waals surface area contributed by atoms with Crippen molar-refractivity contribution >= 4 is 28.7 Å². The smallest absolute Gasteiger partial charge is 0.295 e. The van der Waals surface area contributed by atoms with Gasteiger partial charge < -0.3 is 10.6 Å². The third-order valence-corrected chi connectivity index (χ3v) is 4.10. The van der Waals surface area contributed by atoms with Gasteiger partial charge in [-0.05, 0) is 55.5 Å². The van der Waals surface area contributed by atoms with E-state index in [2.05, 4.69) is 10.6 Å². The Morgan fingerprint density at radius 3 is 2.32 bits per heavy atom. The molecule has 2 aromatic carbocycles. The molecule has 0 aliphatic rings. The third kappa shape index (κ3) is 3.46. The van der Waals surface area contributed by atoms with E-state index >= 15 is 0 Å². The zero-order valence-corrected chi connectivity index (χ0v) is 14.6. The van der Waals surface area contributed by atoms with Gasteiger partial charge in [0.25, 0.3) is 5.56 Å². The molecule has 1 aromatic heterocycles. The summed E-state index contributed by atoms with van der Waals surface area (Å²) in [7, 11) is 1.81. The molecular formula is C18H17FN4OS. The van der Waals surface area contributed by atoms with Crippen LogP contribution in [0.25, 0.3) is 5.69 Å². The first-order valence-corrected chi connectivity index (χ1v) is 8.06. The summed E-state index contributed by atoms with van der Waals surface area (Å²) in [6, 6.07) is 15.2. The Labute approximate surface area is 149 Å². The van der Waals surface area contributed by atoms with E-state index in [4.69, 9.17) is 12.2 Å². The summed E-state index contributed by atoms with van der Waals surface area (Å²) in [4.78, 5) is 12.8. The van der Waals surface area contributed by atoms with Crippen LogP contribution in [0.3, 0.4) is 0 Å². The highest BCUT2D eigenvalue weighted by molar-refractivity contribution is 7.80. The Morgan fingerprint density at radius 2 is 1.68 bits per heavy atom. The second-order valence-electron chi connectivity index (χ2n) is 5.52. The van der Waals surface area contributed by atoms with Gasteiger partial charge in [0.15, 0.2) is 5.11 Å². The van der Waals surface area contributed by atoms with Gasteiger partial charge in [-0.3, -0.25) is 9.48 Å². The van der Waals surface area contributed by atoms with E-state index in [1.54, 1.807) is 21.5 Å². The van der Waals surface area contributed by atoms with Gasteiger partial charge in [-0.2, -0.15) is 0 Å². The van der Waals surface area contributed by atoms with Crippen molar-refractivity contribution in [1.29, 1.82) is 0 Å². The minimum atomic E-state index is -0.325. The molecule has 25 heavy (non-hydrogen) atoms. The molecule has 0 aliphatic carbocycles. The molecular weight excluding hydrogens is 339 g/mol. The predicted octanol–water partition coefficient (Wildman–Crippen LogP) is 3.43. The standard InChI is InChI=1S/C18H17FN4OS/c1-12-16(21-18(25)20-14-10-8-13(19)9-11-14)17(24)23(22(12)2)15-6-4-3-5-7-15/h3-11H,1-2H3,(H2,20,21,25). The normalized spacial score (nSPS) is 10.5. The van der Waals surface area contributed by atoms with Crippen LogP contribution in [0.2, 0.25) is 0 Å². The predicted molar refractivity (Wildman–Crippen MR) is 102 cm³/mol. The number of hydrogen-bond acceptors (Lipinski definition) is 2. The maximum absolute atomic E-state index is 13.0. The summed E-state index contributed by atoms with van der Waals surface area (Å²) in [5.41, 5.74) is 2.34. The minimum Gasteiger partial charge on any atom is -0.332 e. The Hall–Kier alpha value is -2.93. The van der Waals surface area contributed by atoms with Gasteiger partial charge in [-0.15, -0.1) is 0 Å². The zero-order valence-electron chi connectivity index (χ0n) is 13.8. The minimum absolute atomic E-state index is 0.200. The van der Waals surface area contributed by atoms with E-state index in [0.29, 0.717) is 11.4 Å². The highest BCUT2D eigenvalue weighted by atomic mass is 32.1. The van der Waals surface area contributed by atoms with E-state index in [9.17, 15) is 9.18 Å². The lowest BCUT2D eigenvalue weighted by atomic mass is 10.3. The Kier molecular flexibility index (Phi) is 4.67. The lowest BCUT2D eigenvalue weighted by Gasteiger charge is -2.09. The molecule has 0 atom stereocenters. The van der Waals surface area contributed by atoms with Gasteiger partial charge in [0.2, 0.25) is 0 Å². The fourth-order valence-corrected chi connectivity index (χ4v) is 2.74. The van der Waals surface area contributed by atoms with Crippen LogP contribution in [0, 0.1) is 12.7 Å². The largest absolute Gasteiger partial charge is 0.332 e. The fraction of sp³-hybridized carbons (Fsp3) is 0.111. The second kappa shape index (κ2) is 6.90. The first kappa shape index (κ1) is 16.9. The summed E-state index contributed by atoms with van der Waals surface area (Å²) in [5, 5.41) is 6.14. The molecule has 2 N–H and O–H groups in total.